The van der Waals surface area contributed by atoms with Crippen molar-refractivity contribution >= 4 is 28.7 Å². The molecular weight excluding hydrogens is 654 g/mol. The second-order valence-electron chi connectivity index (χ2n) is 13.6. The molecule has 2 aromatic carbocycles. The number of benzene rings is 2. The number of aryl methyl sites for hydroxylation is 2. The minimum absolute atomic E-state index is 0.0506. The summed E-state index contributed by atoms with van der Waals surface area (Å²) in [5, 5.41) is 3.17. The van der Waals surface area contributed by atoms with Crippen LogP contribution in [-0.4, -0.2) is 65.1 Å². The molecule has 258 valence electrons. The van der Waals surface area contributed by atoms with Gasteiger partial charge in [0.1, 0.15) is 17.3 Å². The van der Waals surface area contributed by atoms with Crippen molar-refractivity contribution in [3.63, 3.8) is 0 Å². The standard InChI is InChI=1S/C38H40FN7O3S/c39-28-21-32-35(40-22-28)45(31-5-3-4-27(20-31)26-9-7-25(8-10-26)23-43-16-18-50-19-17-43)38(49)46(37(32)48)30-13-11-29(12-14-30)41-36(47)33-24-44-15-2-1-6-34(44)42-33/h3-5,7-10,20-22,24,29-30H,1-2,6,11-19,23H2,(H,41,47)/t29-,30+. The highest BCUT2D eigenvalue weighted by Gasteiger charge is 2.29. The molecule has 0 atom stereocenters. The lowest BCUT2D eigenvalue weighted by molar-refractivity contribution is 0.0917. The molecule has 5 heterocycles. The van der Waals surface area contributed by atoms with Gasteiger partial charge in [-0.1, -0.05) is 36.4 Å². The number of nitrogens with one attached hydrogen (secondary N) is 1. The lowest BCUT2D eigenvalue weighted by Gasteiger charge is -2.30. The number of carbonyl (C=O) groups excluding carboxylic acids is 1. The van der Waals surface area contributed by atoms with Crippen molar-refractivity contribution in [1.29, 1.82) is 0 Å². The van der Waals surface area contributed by atoms with E-state index < -0.39 is 23.1 Å². The van der Waals surface area contributed by atoms with Gasteiger partial charge < -0.3 is 9.88 Å². The van der Waals surface area contributed by atoms with Gasteiger partial charge in [0.15, 0.2) is 5.65 Å². The Balaban J connectivity index is 1.05. The summed E-state index contributed by atoms with van der Waals surface area (Å²) in [6, 6.07) is 16.8. The van der Waals surface area contributed by atoms with E-state index in [1.807, 2.05) is 42.2 Å². The van der Waals surface area contributed by atoms with Crippen LogP contribution in [0.1, 0.15) is 66.4 Å². The Morgan fingerprint density at radius 2 is 1.74 bits per heavy atom. The maximum atomic E-state index is 14.5. The lowest BCUT2D eigenvalue weighted by Crippen LogP contribution is -2.45. The molecular formula is C38H40FN7O3S. The zero-order valence-electron chi connectivity index (χ0n) is 27.9. The largest absolute Gasteiger partial charge is 0.348 e. The van der Waals surface area contributed by atoms with E-state index in [2.05, 4.69) is 49.0 Å². The molecule has 0 bridgehead atoms. The Bertz CT molecular complexity index is 2140. The van der Waals surface area contributed by atoms with Crippen LogP contribution in [0.25, 0.3) is 27.8 Å². The molecule has 12 heteroatoms. The van der Waals surface area contributed by atoms with Crippen LogP contribution < -0.4 is 16.6 Å². The second kappa shape index (κ2) is 14.0. The third kappa shape index (κ3) is 6.54. The van der Waals surface area contributed by atoms with E-state index in [0.717, 1.165) is 74.7 Å². The molecule has 3 aromatic heterocycles. The smallest absolute Gasteiger partial charge is 0.337 e. The van der Waals surface area contributed by atoms with Crippen LogP contribution in [0.5, 0.6) is 0 Å². The molecule has 1 saturated carbocycles. The lowest BCUT2D eigenvalue weighted by atomic mass is 9.90. The van der Waals surface area contributed by atoms with Gasteiger partial charge in [0.25, 0.3) is 11.5 Å². The summed E-state index contributed by atoms with van der Waals surface area (Å²) in [7, 11) is 0. The second-order valence-corrected chi connectivity index (χ2v) is 14.9. The number of hydrogen-bond acceptors (Lipinski definition) is 7. The number of carbonyl (C=O) groups is 1. The maximum Gasteiger partial charge on any atom is 0.337 e. The molecule has 0 spiro atoms. The summed E-state index contributed by atoms with van der Waals surface area (Å²) < 4.78 is 19.3. The highest BCUT2D eigenvalue weighted by molar-refractivity contribution is 7.99. The zero-order valence-corrected chi connectivity index (χ0v) is 28.7. The first-order chi connectivity index (χ1) is 24.4. The predicted octanol–water partition coefficient (Wildman–Crippen LogP) is 5.35. The van der Waals surface area contributed by atoms with E-state index in [-0.39, 0.29) is 23.0 Å². The first kappa shape index (κ1) is 32.6. The molecule has 2 aliphatic heterocycles. The molecule has 0 radical (unpaired) electrons. The number of nitrogens with zero attached hydrogens (tertiary/aromatic N) is 6. The maximum absolute atomic E-state index is 14.5. The molecule has 3 aliphatic rings. The number of fused-ring (bicyclic) bond motifs is 2. The number of rotatable bonds is 7. The van der Waals surface area contributed by atoms with E-state index in [0.29, 0.717) is 37.1 Å². The molecule has 2 fully saturated rings. The first-order valence-corrected chi connectivity index (χ1v) is 18.8. The van der Waals surface area contributed by atoms with E-state index in [9.17, 15) is 18.8 Å². The number of amides is 1. The zero-order chi connectivity index (χ0) is 34.2. The number of thioether (sulfide) groups is 1. The van der Waals surface area contributed by atoms with Crippen molar-refractivity contribution in [2.45, 2.75) is 70.1 Å². The Labute approximate surface area is 293 Å². The van der Waals surface area contributed by atoms with Gasteiger partial charge in [0, 0.05) is 62.4 Å². The molecule has 8 rings (SSSR count). The summed E-state index contributed by atoms with van der Waals surface area (Å²) in [5.41, 5.74) is 3.21. The summed E-state index contributed by atoms with van der Waals surface area (Å²) >= 11 is 2.00. The van der Waals surface area contributed by atoms with Gasteiger partial charge in [0.2, 0.25) is 0 Å². The van der Waals surface area contributed by atoms with Crippen molar-refractivity contribution < 1.29 is 9.18 Å². The summed E-state index contributed by atoms with van der Waals surface area (Å²) in [5.74, 6) is 2.45. The summed E-state index contributed by atoms with van der Waals surface area (Å²) in [6.07, 6.45) is 8.13. The number of aromatic nitrogens is 5. The third-order valence-corrected chi connectivity index (χ3v) is 11.3. The number of imidazole rings is 1. The molecule has 5 aromatic rings. The van der Waals surface area contributed by atoms with Gasteiger partial charge in [-0.15, -0.1) is 0 Å². The molecule has 50 heavy (non-hydrogen) atoms. The van der Waals surface area contributed by atoms with Crippen LogP contribution in [-0.2, 0) is 19.5 Å². The first-order valence-electron chi connectivity index (χ1n) is 17.6. The van der Waals surface area contributed by atoms with Crippen LogP contribution in [0, 0.1) is 5.82 Å². The van der Waals surface area contributed by atoms with E-state index in [1.165, 1.54) is 26.2 Å². The van der Waals surface area contributed by atoms with Crippen molar-refractivity contribution in [3.05, 3.63) is 111 Å². The van der Waals surface area contributed by atoms with Gasteiger partial charge in [-0.05, 0) is 73.4 Å². The summed E-state index contributed by atoms with van der Waals surface area (Å²) in [4.78, 5) is 52.5. The number of halogens is 1. The highest BCUT2D eigenvalue weighted by Crippen LogP contribution is 2.29. The summed E-state index contributed by atoms with van der Waals surface area (Å²) in [6.45, 7) is 4.01. The fourth-order valence-electron chi connectivity index (χ4n) is 7.64. The monoisotopic (exact) mass is 693 g/mol. The Morgan fingerprint density at radius 1 is 0.940 bits per heavy atom. The molecule has 1 N–H and O–H groups in total. The Morgan fingerprint density at radius 3 is 2.52 bits per heavy atom. The molecule has 0 unspecified atom stereocenters. The van der Waals surface area contributed by atoms with E-state index >= 15 is 0 Å². The highest BCUT2D eigenvalue weighted by atomic mass is 32.2. The van der Waals surface area contributed by atoms with Crippen LogP contribution >= 0.6 is 11.8 Å². The fourth-order valence-corrected chi connectivity index (χ4v) is 8.62. The fraction of sp³-hybridized carbons (Fsp3) is 0.395. The van der Waals surface area contributed by atoms with Crippen molar-refractivity contribution in [3.8, 4) is 16.8 Å². The van der Waals surface area contributed by atoms with Crippen molar-refractivity contribution in [2.75, 3.05) is 24.6 Å². The van der Waals surface area contributed by atoms with Crippen LogP contribution in [0.2, 0.25) is 0 Å². The third-order valence-electron chi connectivity index (χ3n) is 10.3. The minimum atomic E-state index is -0.643. The molecule has 1 saturated heterocycles. The minimum Gasteiger partial charge on any atom is -0.348 e. The van der Waals surface area contributed by atoms with Gasteiger partial charge in [-0.3, -0.25) is 19.1 Å². The molecule has 10 nitrogen and oxygen atoms in total. The van der Waals surface area contributed by atoms with Gasteiger partial charge in [0.05, 0.1) is 17.3 Å². The predicted molar refractivity (Wildman–Crippen MR) is 194 cm³/mol. The number of hydrogen-bond donors (Lipinski definition) is 1. The van der Waals surface area contributed by atoms with E-state index in [1.54, 1.807) is 0 Å². The average Bonchev–Trinajstić information content (AvgIpc) is 3.59. The Hall–Kier alpha value is -4.55. The van der Waals surface area contributed by atoms with Gasteiger partial charge in [-0.2, -0.15) is 11.8 Å². The SMILES string of the molecule is O=C(N[C@H]1CC[C@@H](n2c(=O)c3cc(F)cnc3n(-c3cccc(-c4ccc(CN5CCSCC5)cc4)c3)c2=O)CC1)c1cn2c(n1)CCCC2. The normalized spacial score (nSPS) is 19.7. The van der Waals surface area contributed by atoms with Crippen LogP contribution in [0.4, 0.5) is 4.39 Å². The average molecular weight is 694 g/mol. The van der Waals surface area contributed by atoms with Gasteiger partial charge in [-0.25, -0.2) is 23.7 Å². The van der Waals surface area contributed by atoms with Crippen molar-refractivity contribution in [1.82, 2.24) is 33.9 Å². The van der Waals surface area contributed by atoms with Crippen LogP contribution in [0.15, 0.2) is 76.6 Å². The molecule has 1 aliphatic carbocycles. The van der Waals surface area contributed by atoms with Crippen molar-refractivity contribution in [2.24, 2.45) is 0 Å². The van der Waals surface area contributed by atoms with E-state index in [4.69, 9.17) is 0 Å². The van der Waals surface area contributed by atoms with Gasteiger partial charge >= 0.3 is 5.69 Å². The number of pyridine rings is 1. The Kier molecular flexibility index (Phi) is 9.13. The topological polar surface area (TPSA) is 107 Å². The molecule has 1 amide bonds. The quantitative estimate of drug-likeness (QED) is 0.245. The van der Waals surface area contributed by atoms with Crippen LogP contribution in [0.3, 0.4) is 0 Å².